The highest BCUT2D eigenvalue weighted by Crippen LogP contribution is 2.14. The maximum Gasteiger partial charge on any atom is 0.290 e. The number of hydrogen-bond acceptors (Lipinski definition) is 5. The van der Waals surface area contributed by atoms with E-state index in [1.807, 2.05) is 18.4 Å². The normalized spacial score (nSPS) is 11.0. The highest BCUT2D eigenvalue weighted by Gasteiger charge is 2.15. The molecule has 0 fully saturated rings. The predicted octanol–water partition coefficient (Wildman–Crippen LogP) is 1.57. The van der Waals surface area contributed by atoms with Gasteiger partial charge in [0.05, 0.1) is 30.9 Å². The minimum absolute atomic E-state index is 0.224. The van der Waals surface area contributed by atoms with Crippen molar-refractivity contribution in [1.29, 1.82) is 0 Å². The number of carbonyl (C=O) groups is 1. The van der Waals surface area contributed by atoms with Crippen LogP contribution in [0.25, 0.3) is 0 Å². The van der Waals surface area contributed by atoms with E-state index in [0.717, 1.165) is 11.4 Å². The number of imidazole rings is 1. The van der Waals surface area contributed by atoms with Gasteiger partial charge in [0.25, 0.3) is 5.91 Å². The Morgan fingerprint density at radius 2 is 2.33 bits per heavy atom. The molecule has 2 rings (SSSR count). The largest absolute Gasteiger partial charge is 0.383 e. The zero-order chi connectivity index (χ0) is 15.2. The first-order valence-electron chi connectivity index (χ1n) is 6.84. The molecule has 2 aromatic heterocycles. The zero-order valence-corrected chi connectivity index (χ0v) is 12.5. The van der Waals surface area contributed by atoms with Crippen LogP contribution < -0.4 is 5.32 Å². The van der Waals surface area contributed by atoms with Gasteiger partial charge >= 0.3 is 0 Å². The van der Waals surface area contributed by atoms with Gasteiger partial charge in [0.15, 0.2) is 0 Å². The fraction of sp³-hybridized carbons (Fsp3) is 0.500. The number of nitrogens with one attached hydrogen (secondary N) is 1. The third-order valence-corrected chi connectivity index (χ3v) is 3.11. The molecule has 1 amide bonds. The molecule has 0 atom stereocenters. The van der Waals surface area contributed by atoms with Crippen molar-refractivity contribution in [1.82, 2.24) is 20.0 Å². The summed E-state index contributed by atoms with van der Waals surface area (Å²) >= 11 is 0. The Kier molecular flexibility index (Phi) is 5.10. The zero-order valence-electron chi connectivity index (χ0n) is 12.5. The van der Waals surface area contributed by atoms with E-state index in [1.165, 1.54) is 0 Å². The summed E-state index contributed by atoms with van der Waals surface area (Å²) < 4.78 is 12.0. The highest BCUT2D eigenvalue weighted by molar-refractivity contribution is 5.91. The van der Waals surface area contributed by atoms with Gasteiger partial charge in [-0.05, 0) is 5.92 Å². The van der Waals surface area contributed by atoms with E-state index in [9.17, 15) is 4.79 Å². The molecule has 0 spiro atoms. The minimum atomic E-state index is -0.283. The predicted molar refractivity (Wildman–Crippen MR) is 75.9 cm³/mol. The van der Waals surface area contributed by atoms with E-state index in [0.29, 0.717) is 19.7 Å². The minimum Gasteiger partial charge on any atom is -0.383 e. The van der Waals surface area contributed by atoms with Gasteiger partial charge in [-0.3, -0.25) is 4.79 Å². The van der Waals surface area contributed by atoms with Gasteiger partial charge in [0.1, 0.15) is 0 Å². The fourth-order valence-electron chi connectivity index (χ4n) is 1.81. The van der Waals surface area contributed by atoms with E-state index in [1.54, 1.807) is 25.7 Å². The Balaban J connectivity index is 1.93. The molecular formula is C14H20N4O3. The van der Waals surface area contributed by atoms with Gasteiger partial charge in [0, 0.05) is 25.9 Å². The van der Waals surface area contributed by atoms with Crippen molar-refractivity contribution in [2.45, 2.75) is 32.9 Å². The number of nitrogens with zero attached hydrogens (tertiary/aromatic N) is 3. The number of hydrogen-bond donors (Lipinski definition) is 1. The molecular weight excluding hydrogens is 272 g/mol. The van der Waals surface area contributed by atoms with Crippen LogP contribution in [0.4, 0.5) is 0 Å². The first-order valence-corrected chi connectivity index (χ1v) is 6.84. The number of methoxy groups -OCH3 is 1. The molecule has 7 nitrogen and oxygen atoms in total. The summed E-state index contributed by atoms with van der Waals surface area (Å²) in [6.07, 6.45) is 3.43. The van der Waals surface area contributed by atoms with Gasteiger partial charge in [-0.1, -0.05) is 19.0 Å². The van der Waals surface area contributed by atoms with Crippen molar-refractivity contribution in [3.63, 3.8) is 0 Å². The van der Waals surface area contributed by atoms with Gasteiger partial charge in [-0.25, -0.2) is 4.98 Å². The SMILES string of the molecule is COCCn1cncc1CNC(=O)c1cc(C(C)C)no1. The van der Waals surface area contributed by atoms with Crippen LogP contribution in [0, 0.1) is 0 Å². The van der Waals surface area contributed by atoms with E-state index in [-0.39, 0.29) is 17.6 Å². The molecule has 0 aliphatic carbocycles. The smallest absolute Gasteiger partial charge is 0.290 e. The quantitative estimate of drug-likeness (QED) is 0.837. The molecule has 114 valence electrons. The molecule has 0 bridgehead atoms. The monoisotopic (exact) mass is 292 g/mol. The molecule has 2 heterocycles. The van der Waals surface area contributed by atoms with Crippen LogP contribution in [0.5, 0.6) is 0 Å². The van der Waals surface area contributed by atoms with Gasteiger partial charge in [0.2, 0.25) is 5.76 Å². The van der Waals surface area contributed by atoms with E-state index < -0.39 is 0 Å². The average molecular weight is 292 g/mol. The maximum absolute atomic E-state index is 12.0. The molecule has 0 radical (unpaired) electrons. The number of carbonyl (C=O) groups excluding carboxylic acids is 1. The Morgan fingerprint density at radius 1 is 1.52 bits per heavy atom. The van der Waals surface area contributed by atoms with E-state index >= 15 is 0 Å². The third kappa shape index (κ3) is 3.91. The van der Waals surface area contributed by atoms with Crippen LogP contribution in [0.1, 0.15) is 41.7 Å². The summed E-state index contributed by atoms with van der Waals surface area (Å²) in [5.41, 5.74) is 1.68. The van der Waals surface area contributed by atoms with Crippen molar-refractivity contribution in [3.05, 3.63) is 35.7 Å². The molecule has 0 aliphatic rings. The molecule has 21 heavy (non-hydrogen) atoms. The van der Waals surface area contributed by atoms with Crippen molar-refractivity contribution in [2.24, 2.45) is 0 Å². The first kappa shape index (κ1) is 15.2. The van der Waals surface area contributed by atoms with Crippen molar-refractivity contribution >= 4 is 5.91 Å². The Hall–Kier alpha value is -2.15. The maximum atomic E-state index is 12.0. The van der Waals surface area contributed by atoms with Crippen LogP contribution in [-0.4, -0.2) is 34.3 Å². The molecule has 0 unspecified atom stereocenters. The van der Waals surface area contributed by atoms with E-state index in [4.69, 9.17) is 9.26 Å². The van der Waals surface area contributed by atoms with Gasteiger partial charge < -0.3 is 19.1 Å². The summed E-state index contributed by atoms with van der Waals surface area (Å²) in [5.74, 6) is 0.168. The van der Waals surface area contributed by atoms with Crippen LogP contribution in [0.15, 0.2) is 23.1 Å². The van der Waals surface area contributed by atoms with Gasteiger partial charge in [-0.2, -0.15) is 0 Å². The fourth-order valence-corrected chi connectivity index (χ4v) is 1.81. The Labute approximate surface area is 123 Å². The molecule has 0 saturated carbocycles. The lowest BCUT2D eigenvalue weighted by molar-refractivity contribution is 0.0912. The van der Waals surface area contributed by atoms with Crippen molar-refractivity contribution in [2.75, 3.05) is 13.7 Å². The summed E-state index contributed by atoms with van der Waals surface area (Å²) in [6, 6.07) is 1.67. The topological polar surface area (TPSA) is 82.2 Å². The molecule has 0 aromatic carbocycles. The Morgan fingerprint density at radius 3 is 3.00 bits per heavy atom. The van der Waals surface area contributed by atoms with Crippen LogP contribution in [0.2, 0.25) is 0 Å². The summed E-state index contributed by atoms with van der Waals surface area (Å²) in [5, 5.41) is 6.67. The highest BCUT2D eigenvalue weighted by atomic mass is 16.5. The van der Waals surface area contributed by atoms with Crippen LogP contribution in [0.3, 0.4) is 0 Å². The summed E-state index contributed by atoms with van der Waals surface area (Å²) in [7, 11) is 1.65. The number of aromatic nitrogens is 3. The summed E-state index contributed by atoms with van der Waals surface area (Å²) in [4.78, 5) is 16.1. The second-order valence-electron chi connectivity index (χ2n) is 5.02. The van der Waals surface area contributed by atoms with Gasteiger partial charge in [-0.15, -0.1) is 0 Å². The molecule has 7 heteroatoms. The van der Waals surface area contributed by atoms with E-state index in [2.05, 4.69) is 15.5 Å². The lowest BCUT2D eigenvalue weighted by Gasteiger charge is -2.07. The van der Waals surface area contributed by atoms with Crippen LogP contribution >= 0.6 is 0 Å². The number of rotatable bonds is 7. The van der Waals surface area contributed by atoms with Crippen molar-refractivity contribution < 1.29 is 14.1 Å². The summed E-state index contributed by atoms with van der Waals surface area (Å²) in [6.45, 7) is 5.65. The number of ether oxygens (including phenoxy) is 1. The lowest BCUT2D eigenvalue weighted by atomic mass is 10.1. The van der Waals surface area contributed by atoms with Crippen LogP contribution in [-0.2, 0) is 17.8 Å². The first-order chi connectivity index (χ1) is 10.1. The Bertz CT molecular complexity index is 589. The molecule has 2 aromatic rings. The standard InChI is InChI=1S/C14H20N4O3/c1-10(2)12-6-13(21-17-12)14(19)16-8-11-7-15-9-18(11)4-5-20-3/h6-7,9-10H,4-5,8H2,1-3H3,(H,16,19). The lowest BCUT2D eigenvalue weighted by Crippen LogP contribution is -2.24. The van der Waals surface area contributed by atoms with Crippen molar-refractivity contribution in [3.8, 4) is 0 Å². The molecule has 0 saturated heterocycles. The average Bonchev–Trinajstić information content (AvgIpc) is 3.11. The molecule has 1 N–H and O–H groups in total. The molecule has 0 aliphatic heterocycles. The third-order valence-electron chi connectivity index (χ3n) is 3.11. The number of amides is 1. The second kappa shape index (κ2) is 7.03. The second-order valence-corrected chi connectivity index (χ2v) is 5.02.